The van der Waals surface area contributed by atoms with E-state index in [0.29, 0.717) is 35.1 Å². The van der Waals surface area contributed by atoms with E-state index in [9.17, 15) is 4.39 Å². The van der Waals surface area contributed by atoms with Crippen molar-refractivity contribution in [1.29, 1.82) is 0 Å². The van der Waals surface area contributed by atoms with Crippen molar-refractivity contribution < 1.29 is 22.9 Å². The summed E-state index contributed by atoms with van der Waals surface area (Å²) in [7, 11) is 3.10. The maximum absolute atomic E-state index is 13.0. The summed E-state index contributed by atoms with van der Waals surface area (Å²) in [4.78, 5) is 8.55. The van der Waals surface area contributed by atoms with E-state index in [-0.39, 0.29) is 17.6 Å². The first-order valence-corrected chi connectivity index (χ1v) is 8.30. The first-order chi connectivity index (χ1) is 13.7. The molecule has 2 heterocycles. The highest BCUT2D eigenvalue weighted by Crippen LogP contribution is 2.31. The van der Waals surface area contributed by atoms with E-state index in [4.69, 9.17) is 18.5 Å². The van der Waals surface area contributed by atoms with Crippen molar-refractivity contribution in [2.45, 2.75) is 6.42 Å². The van der Waals surface area contributed by atoms with Crippen LogP contribution in [0.25, 0.3) is 23.2 Å². The standard InChI is InChI=1S/C19H15FN4O4/c1-25-14-8-5-12(10-15(14)26-2)17-22-19(28-24-17)18-21-16(23-27-18)9-11-3-6-13(20)7-4-11/h3-8,10H,9H2,1-2H3. The Morgan fingerprint density at radius 3 is 2.32 bits per heavy atom. The van der Waals surface area contributed by atoms with Crippen molar-refractivity contribution >= 4 is 0 Å². The molecule has 142 valence electrons. The average molecular weight is 382 g/mol. The number of ether oxygens (including phenoxy) is 2. The quantitative estimate of drug-likeness (QED) is 0.500. The van der Waals surface area contributed by atoms with Crippen molar-refractivity contribution in [3.63, 3.8) is 0 Å². The molecule has 8 nitrogen and oxygen atoms in total. The lowest BCUT2D eigenvalue weighted by Crippen LogP contribution is -1.91. The van der Waals surface area contributed by atoms with E-state index in [0.717, 1.165) is 5.56 Å². The van der Waals surface area contributed by atoms with Crippen LogP contribution in [0.1, 0.15) is 11.4 Å². The van der Waals surface area contributed by atoms with Crippen LogP contribution < -0.4 is 9.47 Å². The van der Waals surface area contributed by atoms with Crippen LogP contribution in [0.15, 0.2) is 51.5 Å². The summed E-state index contributed by atoms with van der Waals surface area (Å²) >= 11 is 0. The zero-order valence-corrected chi connectivity index (χ0v) is 15.0. The molecule has 0 bridgehead atoms. The SMILES string of the molecule is COc1ccc(-c2noc(-c3nc(Cc4ccc(F)cc4)no3)n2)cc1OC. The van der Waals surface area contributed by atoms with Gasteiger partial charge in [-0.25, -0.2) is 4.39 Å². The minimum atomic E-state index is -0.300. The van der Waals surface area contributed by atoms with Crippen LogP contribution in [-0.2, 0) is 6.42 Å². The van der Waals surface area contributed by atoms with Gasteiger partial charge in [-0.15, -0.1) is 0 Å². The highest BCUT2D eigenvalue weighted by molar-refractivity contribution is 5.61. The van der Waals surface area contributed by atoms with Gasteiger partial charge in [-0.1, -0.05) is 22.4 Å². The molecule has 0 N–H and O–H groups in total. The lowest BCUT2D eigenvalue weighted by atomic mass is 10.1. The Balaban J connectivity index is 1.55. The molecule has 0 atom stereocenters. The molecule has 0 aliphatic heterocycles. The van der Waals surface area contributed by atoms with E-state index in [1.54, 1.807) is 44.6 Å². The van der Waals surface area contributed by atoms with Gasteiger partial charge in [0.25, 0.3) is 0 Å². The number of nitrogens with zero attached hydrogens (tertiary/aromatic N) is 4. The maximum atomic E-state index is 13.0. The number of halogens is 1. The molecular formula is C19H15FN4O4. The monoisotopic (exact) mass is 382 g/mol. The van der Waals surface area contributed by atoms with Crippen LogP contribution in [0.5, 0.6) is 11.5 Å². The Hall–Kier alpha value is -3.75. The Morgan fingerprint density at radius 2 is 1.57 bits per heavy atom. The highest BCUT2D eigenvalue weighted by Gasteiger charge is 2.18. The van der Waals surface area contributed by atoms with Crippen LogP contribution in [0.2, 0.25) is 0 Å². The second-order valence-electron chi connectivity index (χ2n) is 5.81. The molecule has 4 aromatic rings. The molecule has 0 unspecified atom stereocenters. The van der Waals surface area contributed by atoms with Crippen LogP contribution >= 0.6 is 0 Å². The first kappa shape index (κ1) is 17.7. The van der Waals surface area contributed by atoms with E-state index < -0.39 is 0 Å². The van der Waals surface area contributed by atoms with Crippen LogP contribution in [-0.4, -0.2) is 34.5 Å². The van der Waals surface area contributed by atoms with Gasteiger partial charge in [-0.05, 0) is 35.9 Å². The number of rotatable bonds is 6. The fraction of sp³-hybridized carbons (Fsp3) is 0.158. The van der Waals surface area contributed by atoms with Crippen LogP contribution in [0.3, 0.4) is 0 Å². The van der Waals surface area contributed by atoms with Crippen molar-refractivity contribution in [2.24, 2.45) is 0 Å². The van der Waals surface area contributed by atoms with E-state index >= 15 is 0 Å². The largest absolute Gasteiger partial charge is 0.493 e. The normalized spacial score (nSPS) is 10.8. The second-order valence-corrected chi connectivity index (χ2v) is 5.81. The smallest absolute Gasteiger partial charge is 0.316 e. The van der Waals surface area contributed by atoms with E-state index in [1.807, 2.05) is 0 Å². The molecule has 4 rings (SSSR count). The van der Waals surface area contributed by atoms with E-state index in [1.165, 1.54) is 12.1 Å². The molecule has 0 aliphatic carbocycles. The van der Waals surface area contributed by atoms with Gasteiger partial charge in [0.05, 0.1) is 14.2 Å². The summed E-state index contributed by atoms with van der Waals surface area (Å²) in [6, 6.07) is 11.3. The molecular weight excluding hydrogens is 367 g/mol. The molecule has 9 heteroatoms. The highest BCUT2D eigenvalue weighted by atomic mass is 19.1. The van der Waals surface area contributed by atoms with Gasteiger partial charge in [0.15, 0.2) is 17.3 Å². The van der Waals surface area contributed by atoms with Crippen molar-refractivity contribution in [3.8, 4) is 34.7 Å². The Bertz CT molecular complexity index is 1090. The number of hydrogen-bond acceptors (Lipinski definition) is 8. The van der Waals surface area contributed by atoms with Crippen molar-refractivity contribution in [3.05, 3.63) is 59.7 Å². The minimum Gasteiger partial charge on any atom is -0.493 e. The van der Waals surface area contributed by atoms with Crippen LogP contribution in [0.4, 0.5) is 4.39 Å². The summed E-state index contributed by atoms with van der Waals surface area (Å²) in [6.45, 7) is 0. The van der Waals surface area contributed by atoms with Gasteiger partial charge in [0, 0.05) is 12.0 Å². The number of methoxy groups -OCH3 is 2. The molecule has 0 radical (unpaired) electrons. The molecule has 0 amide bonds. The molecule has 0 spiro atoms. The molecule has 0 saturated carbocycles. The second kappa shape index (κ2) is 7.47. The fourth-order valence-corrected chi connectivity index (χ4v) is 2.60. The lowest BCUT2D eigenvalue weighted by molar-refractivity contribution is 0.355. The zero-order chi connectivity index (χ0) is 19.5. The van der Waals surface area contributed by atoms with Gasteiger partial charge in [-0.3, -0.25) is 0 Å². The molecule has 0 aliphatic rings. The summed E-state index contributed by atoms with van der Waals surface area (Å²) in [5.74, 6) is 1.81. The Kier molecular flexibility index (Phi) is 4.71. The molecule has 2 aromatic heterocycles. The summed E-state index contributed by atoms with van der Waals surface area (Å²) in [5.41, 5.74) is 1.53. The molecule has 0 fully saturated rings. The Labute approximate surface area is 158 Å². The third kappa shape index (κ3) is 3.54. The molecule has 28 heavy (non-hydrogen) atoms. The first-order valence-electron chi connectivity index (χ1n) is 8.30. The van der Waals surface area contributed by atoms with Gasteiger partial charge in [-0.2, -0.15) is 9.97 Å². The fourth-order valence-electron chi connectivity index (χ4n) is 2.60. The minimum absolute atomic E-state index is 0.0997. The van der Waals surface area contributed by atoms with Gasteiger partial charge in [0.1, 0.15) is 5.82 Å². The van der Waals surface area contributed by atoms with Crippen LogP contribution in [0, 0.1) is 5.82 Å². The van der Waals surface area contributed by atoms with Crippen molar-refractivity contribution in [2.75, 3.05) is 14.2 Å². The molecule has 0 saturated heterocycles. The number of benzene rings is 2. The Morgan fingerprint density at radius 1 is 0.857 bits per heavy atom. The zero-order valence-electron chi connectivity index (χ0n) is 15.0. The topological polar surface area (TPSA) is 96.3 Å². The van der Waals surface area contributed by atoms with Gasteiger partial charge in [0.2, 0.25) is 5.82 Å². The predicted molar refractivity (Wildman–Crippen MR) is 95.3 cm³/mol. The van der Waals surface area contributed by atoms with E-state index in [2.05, 4.69) is 20.3 Å². The summed E-state index contributed by atoms with van der Waals surface area (Å²) < 4.78 is 33.9. The predicted octanol–water partition coefficient (Wildman–Crippen LogP) is 3.53. The third-order valence-corrected chi connectivity index (χ3v) is 3.99. The average Bonchev–Trinajstić information content (AvgIpc) is 3.39. The van der Waals surface area contributed by atoms with Gasteiger partial charge >= 0.3 is 11.8 Å². The van der Waals surface area contributed by atoms with Crippen molar-refractivity contribution in [1.82, 2.24) is 20.3 Å². The van der Waals surface area contributed by atoms with Gasteiger partial charge < -0.3 is 18.5 Å². The lowest BCUT2D eigenvalue weighted by Gasteiger charge is -2.07. The number of hydrogen-bond donors (Lipinski definition) is 0. The molecule has 2 aromatic carbocycles. The number of aromatic nitrogens is 4. The summed E-state index contributed by atoms with van der Waals surface area (Å²) in [5, 5.41) is 7.84. The maximum Gasteiger partial charge on any atom is 0.316 e. The summed E-state index contributed by atoms with van der Waals surface area (Å²) in [6.07, 6.45) is 0.389. The third-order valence-electron chi connectivity index (χ3n) is 3.99.